The van der Waals surface area contributed by atoms with E-state index >= 15 is 0 Å². The van der Waals surface area contributed by atoms with E-state index in [0.717, 1.165) is 4.16 Å². The SMILES string of the molecule is C[As](=O)(O)C=S. The minimum absolute atomic E-state index is 0.943. The van der Waals surface area contributed by atoms with Crippen molar-refractivity contribution in [2.45, 2.75) is 5.71 Å². The number of hydrogen-bond donors (Lipinski definition) is 1. The van der Waals surface area contributed by atoms with Gasteiger partial charge < -0.3 is 0 Å². The van der Waals surface area contributed by atoms with Crippen molar-refractivity contribution in [1.29, 1.82) is 0 Å². The van der Waals surface area contributed by atoms with Crippen molar-refractivity contribution in [3.63, 3.8) is 0 Å². The van der Waals surface area contributed by atoms with Gasteiger partial charge in [-0.1, -0.05) is 0 Å². The third-order valence-electron chi connectivity index (χ3n) is 0.196. The van der Waals surface area contributed by atoms with Crippen molar-refractivity contribution in [2.24, 2.45) is 0 Å². The summed E-state index contributed by atoms with van der Waals surface area (Å²) in [4.78, 5) is 0. The van der Waals surface area contributed by atoms with Gasteiger partial charge in [-0.3, -0.25) is 0 Å². The van der Waals surface area contributed by atoms with Crippen LogP contribution in [0.15, 0.2) is 0 Å². The minimum atomic E-state index is -3.47. The van der Waals surface area contributed by atoms with Crippen molar-refractivity contribution in [3.05, 3.63) is 0 Å². The Kier molecular flexibility index (Phi) is 2.05. The monoisotopic (exact) mass is 168 g/mol. The van der Waals surface area contributed by atoms with E-state index in [4.69, 9.17) is 4.10 Å². The Hall–Kier alpha value is 0.408. The molecule has 0 bridgehead atoms. The molecule has 1 unspecified atom stereocenters. The van der Waals surface area contributed by atoms with Crippen molar-refractivity contribution in [3.8, 4) is 0 Å². The Morgan fingerprint density at radius 3 is 2.17 bits per heavy atom. The molecule has 0 aromatic heterocycles. The second kappa shape index (κ2) is 1.92. The van der Waals surface area contributed by atoms with Crippen LogP contribution in [0.25, 0.3) is 0 Å². The Morgan fingerprint density at radius 1 is 2.00 bits per heavy atom. The van der Waals surface area contributed by atoms with Gasteiger partial charge in [0.05, 0.1) is 0 Å². The molecule has 0 aromatic rings. The fourth-order valence-electron chi connectivity index (χ4n) is 0. The van der Waals surface area contributed by atoms with Gasteiger partial charge in [-0.2, -0.15) is 0 Å². The molecular formula is C2H5AsO2S. The molecule has 0 fully saturated rings. The molecule has 6 heavy (non-hydrogen) atoms. The van der Waals surface area contributed by atoms with E-state index in [1.54, 1.807) is 0 Å². The van der Waals surface area contributed by atoms with Gasteiger partial charge in [-0.25, -0.2) is 0 Å². The Balaban J connectivity index is 3.81. The van der Waals surface area contributed by atoms with Crippen LogP contribution in [-0.4, -0.2) is 22.1 Å². The fourth-order valence-corrected chi connectivity index (χ4v) is 0. The standard InChI is InChI=1S/C2H5AsO2S/c1-3(4,5)2-6/h2H,1H3,(H,4,5). The Bertz CT molecular complexity index is 93.7. The molecule has 0 heterocycles. The second-order valence-electron chi connectivity index (χ2n) is 1.05. The van der Waals surface area contributed by atoms with E-state index in [1.165, 1.54) is 5.71 Å². The summed E-state index contributed by atoms with van der Waals surface area (Å²) in [7, 11) is 0. The van der Waals surface area contributed by atoms with Gasteiger partial charge in [-0.05, 0) is 0 Å². The third kappa shape index (κ3) is 4.41. The van der Waals surface area contributed by atoms with Crippen LogP contribution in [0.2, 0.25) is 5.71 Å². The van der Waals surface area contributed by atoms with Gasteiger partial charge in [0.1, 0.15) is 0 Å². The summed E-state index contributed by atoms with van der Waals surface area (Å²) in [5, 5.41) is 0. The molecule has 0 saturated heterocycles. The Morgan fingerprint density at radius 2 is 2.17 bits per heavy atom. The number of rotatable bonds is 1. The van der Waals surface area contributed by atoms with Crippen LogP contribution in [0.5, 0.6) is 0 Å². The van der Waals surface area contributed by atoms with Crippen molar-refractivity contribution in [1.82, 2.24) is 0 Å². The van der Waals surface area contributed by atoms with E-state index in [2.05, 4.69) is 12.2 Å². The van der Waals surface area contributed by atoms with Crippen LogP contribution in [0.4, 0.5) is 0 Å². The van der Waals surface area contributed by atoms with Gasteiger partial charge >= 0.3 is 43.8 Å². The van der Waals surface area contributed by atoms with Gasteiger partial charge in [-0.15, -0.1) is 0 Å². The predicted molar refractivity (Wildman–Crippen MR) is 28.2 cm³/mol. The molecule has 36 valence electrons. The maximum absolute atomic E-state index is 10.0. The van der Waals surface area contributed by atoms with Gasteiger partial charge in [0.15, 0.2) is 0 Å². The Labute approximate surface area is 44.2 Å². The zero-order valence-corrected chi connectivity index (χ0v) is 5.98. The molecule has 0 rings (SSSR count). The number of hydrogen-bond acceptors (Lipinski definition) is 2. The molecular weight excluding hydrogens is 163 g/mol. The molecule has 0 aliphatic heterocycles. The zero-order valence-electron chi connectivity index (χ0n) is 3.29. The molecule has 2 nitrogen and oxygen atoms in total. The number of thiocarbonyl (C=S) groups is 1. The van der Waals surface area contributed by atoms with Gasteiger partial charge in [0, 0.05) is 0 Å². The van der Waals surface area contributed by atoms with Crippen molar-refractivity contribution >= 4 is 30.2 Å². The van der Waals surface area contributed by atoms with E-state index in [1.807, 2.05) is 0 Å². The first-order chi connectivity index (χ1) is 2.56. The van der Waals surface area contributed by atoms with Crippen molar-refractivity contribution in [2.75, 3.05) is 0 Å². The quantitative estimate of drug-likeness (QED) is 0.443. The zero-order chi connectivity index (χ0) is 5.21. The first-order valence-electron chi connectivity index (χ1n) is 1.32. The average Bonchev–Trinajstić information content (AvgIpc) is 1.35. The van der Waals surface area contributed by atoms with Crippen LogP contribution in [0, 0.1) is 0 Å². The molecule has 0 radical (unpaired) electrons. The molecule has 0 amide bonds. The molecule has 1 atom stereocenters. The second-order valence-corrected chi connectivity index (χ2v) is 6.54. The molecule has 4 heteroatoms. The molecule has 0 aliphatic rings. The summed E-state index contributed by atoms with van der Waals surface area (Å²) in [6.07, 6.45) is 0. The van der Waals surface area contributed by atoms with Gasteiger partial charge in [0.25, 0.3) is 0 Å². The van der Waals surface area contributed by atoms with Crippen LogP contribution >= 0.6 is 12.2 Å². The third-order valence-corrected chi connectivity index (χ3v) is 3.05. The molecule has 0 aliphatic carbocycles. The first kappa shape index (κ1) is 6.41. The van der Waals surface area contributed by atoms with E-state index < -0.39 is 13.8 Å². The average molecular weight is 168 g/mol. The van der Waals surface area contributed by atoms with Crippen molar-refractivity contribution < 1.29 is 7.84 Å². The summed E-state index contributed by atoms with van der Waals surface area (Å²) >= 11 is 0.708. The van der Waals surface area contributed by atoms with E-state index in [-0.39, 0.29) is 0 Å². The first-order valence-corrected chi connectivity index (χ1v) is 6.36. The van der Waals surface area contributed by atoms with Crippen LogP contribution < -0.4 is 0 Å². The van der Waals surface area contributed by atoms with Gasteiger partial charge in [0.2, 0.25) is 0 Å². The molecule has 0 saturated carbocycles. The fraction of sp³-hybridized carbons (Fsp3) is 0.500. The summed E-state index contributed by atoms with van der Waals surface area (Å²) < 4.78 is 19.3. The predicted octanol–water partition coefficient (Wildman–Crippen LogP) is 0.0201. The summed E-state index contributed by atoms with van der Waals surface area (Å²) in [5.74, 6) is 0. The molecule has 0 aromatic carbocycles. The van der Waals surface area contributed by atoms with E-state index in [9.17, 15) is 3.74 Å². The summed E-state index contributed by atoms with van der Waals surface area (Å²) in [6, 6.07) is 0. The normalized spacial score (nSPS) is 19.0. The molecule has 0 spiro atoms. The van der Waals surface area contributed by atoms with Crippen LogP contribution in [-0.2, 0) is 3.74 Å². The maximum atomic E-state index is 10.0. The topological polar surface area (TPSA) is 37.3 Å². The molecule has 1 N–H and O–H groups in total. The van der Waals surface area contributed by atoms with E-state index in [0.29, 0.717) is 0 Å². The summed E-state index contributed by atoms with van der Waals surface area (Å²) in [5.41, 5.74) is 1.26. The van der Waals surface area contributed by atoms with Crippen LogP contribution in [0.3, 0.4) is 0 Å². The summed E-state index contributed by atoms with van der Waals surface area (Å²) in [6.45, 7) is 0. The van der Waals surface area contributed by atoms with Crippen LogP contribution in [0.1, 0.15) is 0 Å².